The van der Waals surface area contributed by atoms with Gasteiger partial charge in [0, 0.05) is 16.6 Å². The Morgan fingerprint density at radius 2 is 1.86 bits per heavy atom. The van der Waals surface area contributed by atoms with Gasteiger partial charge in [-0.3, -0.25) is 5.41 Å². The fraction of sp³-hybridized carbons (Fsp3) is 0.136. The Morgan fingerprint density at radius 3 is 2.52 bits per heavy atom. The molecule has 0 amide bonds. The van der Waals surface area contributed by atoms with Gasteiger partial charge in [-0.05, 0) is 31.2 Å². The van der Waals surface area contributed by atoms with Crippen molar-refractivity contribution in [1.82, 2.24) is 4.98 Å². The number of benzene rings is 2. The van der Waals surface area contributed by atoms with E-state index in [4.69, 9.17) is 10.1 Å². The summed E-state index contributed by atoms with van der Waals surface area (Å²) in [6.45, 7) is 2.22. The molecular formula is C22H19N3O3S. The Hall–Kier alpha value is -3.45. The molecule has 0 spiro atoms. The molecule has 0 bridgehead atoms. The number of carbonyl (C=O) groups excluding carboxylic acids is 1. The second-order valence-corrected chi connectivity index (χ2v) is 7.56. The number of methoxy groups -OCH3 is 1. The molecule has 29 heavy (non-hydrogen) atoms. The Labute approximate surface area is 172 Å². The highest BCUT2D eigenvalue weighted by Crippen LogP contribution is 2.34. The number of aromatic nitrogens is 1. The molecular weight excluding hydrogens is 386 g/mol. The van der Waals surface area contributed by atoms with Gasteiger partial charge in [-0.15, -0.1) is 11.3 Å². The van der Waals surface area contributed by atoms with E-state index in [1.54, 1.807) is 29.2 Å². The predicted molar refractivity (Wildman–Crippen MR) is 115 cm³/mol. The molecule has 0 aliphatic carbocycles. The summed E-state index contributed by atoms with van der Waals surface area (Å²) in [6.07, 6.45) is 0. The van der Waals surface area contributed by atoms with Crippen molar-refractivity contribution >= 4 is 34.4 Å². The lowest BCUT2D eigenvalue weighted by Crippen LogP contribution is -2.26. The summed E-state index contributed by atoms with van der Waals surface area (Å²) in [7, 11) is 1.33. The van der Waals surface area contributed by atoms with E-state index < -0.39 is 5.97 Å². The zero-order valence-electron chi connectivity index (χ0n) is 16.0. The molecule has 0 fully saturated rings. The third-order valence-electron chi connectivity index (χ3n) is 4.77. The van der Waals surface area contributed by atoms with Crippen molar-refractivity contribution in [3.63, 3.8) is 0 Å². The van der Waals surface area contributed by atoms with E-state index in [0.29, 0.717) is 21.8 Å². The van der Waals surface area contributed by atoms with Gasteiger partial charge in [0.25, 0.3) is 0 Å². The van der Waals surface area contributed by atoms with Gasteiger partial charge >= 0.3 is 5.97 Å². The fourth-order valence-electron chi connectivity index (χ4n) is 3.17. The highest BCUT2D eigenvalue weighted by molar-refractivity contribution is 7.11. The first-order valence-electron chi connectivity index (χ1n) is 8.98. The van der Waals surface area contributed by atoms with Crippen LogP contribution in [-0.4, -0.2) is 35.5 Å². The largest absolute Gasteiger partial charge is 0.510 e. The van der Waals surface area contributed by atoms with Crippen molar-refractivity contribution in [2.45, 2.75) is 6.92 Å². The third kappa shape index (κ3) is 3.52. The lowest BCUT2D eigenvalue weighted by atomic mass is 10.1. The molecule has 2 aromatic carbocycles. The van der Waals surface area contributed by atoms with Gasteiger partial charge in [0.1, 0.15) is 16.6 Å². The van der Waals surface area contributed by atoms with Crippen LogP contribution in [0.25, 0.3) is 16.8 Å². The number of rotatable bonds is 4. The fourth-order valence-corrected chi connectivity index (χ4v) is 4.06. The molecule has 1 aliphatic rings. The van der Waals surface area contributed by atoms with Crippen LogP contribution < -0.4 is 4.90 Å². The lowest BCUT2D eigenvalue weighted by Gasteiger charge is -2.18. The van der Waals surface area contributed by atoms with Gasteiger partial charge < -0.3 is 14.7 Å². The first kappa shape index (κ1) is 18.9. The van der Waals surface area contributed by atoms with Crippen molar-refractivity contribution in [3.8, 4) is 11.3 Å². The second-order valence-electron chi connectivity index (χ2n) is 6.70. The zero-order chi connectivity index (χ0) is 20.5. The first-order chi connectivity index (χ1) is 14.0. The quantitative estimate of drug-likeness (QED) is 0.616. The minimum Gasteiger partial charge on any atom is -0.510 e. The van der Waals surface area contributed by atoms with Crippen LogP contribution in [0.5, 0.6) is 0 Å². The summed E-state index contributed by atoms with van der Waals surface area (Å²) < 4.78 is 4.71. The van der Waals surface area contributed by atoms with Gasteiger partial charge in [-0.25, -0.2) is 9.78 Å². The summed E-state index contributed by atoms with van der Waals surface area (Å²) in [5.74, 6) is -0.129. The van der Waals surface area contributed by atoms with Gasteiger partial charge in [-0.1, -0.05) is 29.8 Å². The number of hydrogen-bond acceptors (Lipinski definition) is 6. The molecule has 0 saturated heterocycles. The molecule has 1 aromatic heterocycles. The number of amidine groups is 1. The van der Waals surface area contributed by atoms with Crippen LogP contribution in [0.3, 0.4) is 0 Å². The van der Waals surface area contributed by atoms with E-state index in [1.165, 1.54) is 24.0 Å². The Kier molecular flexibility index (Phi) is 4.90. The predicted octanol–water partition coefficient (Wildman–Crippen LogP) is 4.67. The van der Waals surface area contributed by atoms with E-state index in [1.807, 2.05) is 36.6 Å². The Bertz CT molecular complexity index is 1110. The highest BCUT2D eigenvalue weighted by Gasteiger charge is 2.31. The number of hydrogen-bond donors (Lipinski definition) is 2. The Balaban J connectivity index is 1.58. The number of nitrogens with zero attached hydrogens (tertiary/aromatic N) is 2. The maximum absolute atomic E-state index is 11.6. The number of ether oxygens (including phenoxy) is 1. The summed E-state index contributed by atoms with van der Waals surface area (Å²) >= 11 is 1.40. The summed E-state index contributed by atoms with van der Waals surface area (Å²) in [6, 6.07) is 14.8. The van der Waals surface area contributed by atoms with E-state index in [9.17, 15) is 9.90 Å². The van der Waals surface area contributed by atoms with Crippen molar-refractivity contribution in [2.24, 2.45) is 0 Å². The van der Waals surface area contributed by atoms with Gasteiger partial charge in [-0.2, -0.15) is 0 Å². The minimum absolute atomic E-state index is 0.108. The molecule has 0 atom stereocenters. The molecule has 7 heteroatoms. The molecule has 0 radical (unpaired) electrons. The molecule has 2 heterocycles. The summed E-state index contributed by atoms with van der Waals surface area (Å²) in [5.41, 5.74) is 4.57. The van der Waals surface area contributed by atoms with Crippen LogP contribution in [0.1, 0.15) is 20.9 Å². The lowest BCUT2D eigenvalue weighted by molar-refractivity contribution is 0.0600. The van der Waals surface area contributed by atoms with Crippen LogP contribution >= 0.6 is 11.3 Å². The molecule has 0 unspecified atom stereocenters. The van der Waals surface area contributed by atoms with E-state index >= 15 is 0 Å². The first-order valence-corrected chi connectivity index (χ1v) is 9.86. The molecule has 6 nitrogen and oxygen atoms in total. The maximum Gasteiger partial charge on any atom is 0.337 e. The van der Waals surface area contributed by atoms with Crippen LogP contribution in [0, 0.1) is 12.3 Å². The molecule has 4 rings (SSSR count). The average molecular weight is 405 g/mol. The van der Waals surface area contributed by atoms with E-state index in [-0.39, 0.29) is 18.1 Å². The zero-order valence-corrected chi connectivity index (χ0v) is 16.8. The molecule has 146 valence electrons. The van der Waals surface area contributed by atoms with E-state index in [0.717, 1.165) is 11.3 Å². The van der Waals surface area contributed by atoms with Crippen LogP contribution in [0.2, 0.25) is 0 Å². The monoisotopic (exact) mass is 405 g/mol. The minimum atomic E-state index is -0.416. The third-order valence-corrected chi connectivity index (χ3v) is 5.63. The Morgan fingerprint density at radius 1 is 1.17 bits per heavy atom. The smallest absolute Gasteiger partial charge is 0.337 e. The number of anilines is 1. The van der Waals surface area contributed by atoms with Gasteiger partial charge in [0.05, 0.1) is 30.5 Å². The number of nitrogens with one attached hydrogen (secondary N) is 1. The average Bonchev–Trinajstić information content (AvgIpc) is 3.32. The number of esters is 1. The van der Waals surface area contributed by atoms with Crippen molar-refractivity contribution in [3.05, 3.63) is 75.8 Å². The number of aliphatic hydroxyl groups is 1. The summed E-state index contributed by atoms with van der Waals surface area (Å²) in [5, 5.41) is 21.6. The number of aryl methyl sites for hydroxylation is 1. The molecule has 0 saturated carbocycles. The van der Waals surface area contributed by atoms with Crippen LogP contribution in [0.4, 0.5) is 5.69 Å². The van der Waals surface area contributed by atoms with Crippen molar-refractivity contribution in [1.29, 1.82) is 5.41 Å². The van der Waals surface area contributed by atoms with Gasteiger partial charge in [0.2, 0.25) is 0 Å². The SMILES string of the molecule is COC(=O)c1ccc(N2CC(O)=C(c3nc(-c4ccc(C)cc4)cs3)C2=N)cc1. The molecule has 1 aliphatic heterocycles. The van der Waals surface area contributed by atoms with Crippen molar-refractivity contribution in [2.75, 3.05) is 18.6 Å². The topological polar surface area (TPSA) is 86.5 Å². The van der Waals surface area contributed by atoms with Crippen LogP contribution in [0.15, 0.2) is 59.7 Å². The molecule has 2 N–H and O–H groups in total. The van der Waals surface area contributed by atoms with E-state index in [2.05, 4.69) is 4.98 Å². The maximum atomic E-state index is 11.6. The highest BCUT2D eigenvalue weighted by atomic mass is 32.1. The summed E-state index contributed by atoms with van der Waals surface area (Å²) in [4.78, 5) is 17.9. The molecule has 3 aromatic rings. The van der Waals surface area contributed by atoms with Crippen molar-refractivity contribution < 1.29 is 14.6 Å². The standard InChI is InChI=1S/C22H19N3O3S/c1-13-3-5-14(6-4-13)17-12-29-21(24-17)19-18(26)11-25(20(19)23)16-9-7-15(8-10-16)22(27)28-2/h3-10,12,23,26H,11H2,1-2H3. The number of thiazole rings is 1. The number of aliphatic hydroxyl groups excluding tert-OH is 1. The second kappa shape index (κ2) is 7.52. The number of carbonyl (C=O) groups is 1. The normalized spacial score (nSPS) is 13.9. The van der Waals surface area contributed by atoms with Gasteiger partial charge in [0.15, 0.2) is 0 Å². The van der Waals surface area contributed by atoms with Crippen LogP contribution in [-0.2, 0) is 4.74 Å².